The van der Waals surface area contributed by atoms with Crippen LogP contribution in [0.1, 0.15) is 12.8 Å². The molecule has 1 amide bonds. The van der Waals surface area contributed by atoms with Crippen molar-refractivity contribution in [3.63, 3.8) is 0 Å². The van der Waals surface area contributed by atoms with Crippen molar-refractivity contribution in [1.82, 2.24) is 9.62 Å². The topological polar surface area (TPSA) is 75.7 Å². The Balaban J connectivity index is 1.73. The van der Waals surface area contributed by atoms with Crippen molar-refractivity contribution in [2.24, 2.45) is 0 Å². The lowest BCUT2D eigenvalue weighted by molar-refractivity contribution is -0.124. The SMILES string of the molecule is CS(=O)(=O)N1CCC(NC(=O)COc2ccc(Cl)cc2)CC1. The molecule has 2 rings (SSSR count). The molecule has 1 aromatic rings. The summed E-state index contributed by atoms with van der Waals surface area (Å²) in [5, 5.41) is 3.47. The van der Waals surface area contributed by atoms with Crippen molar-refractivity contribution in [3.8, 4) is 5.75 Å². The average Bonchev–Trinajstić information content (AvgIpc) is 2.46. The van der Waals surface area contributed by atoms with Crippen molar-refractivity contribution < 1.29 is 17.9 Å². The molecule has 1 heterocycles. The zero-order valence-electron chi connectivity index (χ0n) is 12.3. The van der Waals surface area contributed by atoms with Gasteiger partial charge in [-0.2, -0.15) is 0 Å². The highest BCUT2D eigenvalue weighted by molar-refractivity contribution is 7.88. The zero-order valence-corrected chi connectivity index (χ0v) is 13.9. The number of carbonyl (C=O) groups is 1. The van der Waals surface area contributed by atoms with Crippen LogP contribution in [0, 0.1) is 0 Å². The van der Waals surface area contributed by atoms with Gasteiger partial charge in [-0.25, -0.2) is 12.7 Å². The molecule has 8 heteroatoms. The molecule has 0 bridgehead atoms. The van der Waals surface area contributed by atoms with Gasteiger partial charge in [-0.05, 0) is 37.1 Å². The number of sulfonamides is 1. The number of halogens is 1. The molecule has 0 unspecified atom stereocenters. The van der Waals surface area contributed by atoms with Crippen molar-refractivity contribution in [2.75, 3.05) is 26.0 Å². The molecule has 0 aliphatic carbocycles. The van der Waals surface area contributed by atoms with E-state index in [-0.39, 0.29) is 18.6 Å². The summed E-state index contributed by atoms with van der Waals surface area (Å²) < 4.78 is 29.6. The summed E-state index contributed by atoms with van der Waals surface area (Å²) in [6.45, 7) is 0.789. The Kier molecular flexibility index (Phi) is 5.66. The van der Waals surface area contributed by atoms with Crippen molar-refractivity contribution in [2.45, 2.75) is 18.9 Å². The molecule has 6 nitrogen and oxygen atoms in total. The second-order valence-corrected chi connectivity index (χ2v) is 7.67. The Bertz CT molecular complexity index is 610. The lowest BCUT2D eigenvalue weighted by Gasteiger charge is -2.30. The molecule has 22 heavy (non-hydrogen) atoms. The number of benzene rings is 1. The molecular formula is C14H19ClN2O4S. The molecular weight excluding hydrogens is 328 g/mol. The molecule has 1 fully saturated rings. The Hall–Kier alpha value is -1.31. The summed E-state index contributed by atoms with van der Waals surface area (Å²) in [5.41, 5.74) is 0. The van der Waals surface area contributed by atoms with Gasteiger partial charge < -0.3 is 10.1 Å². The number of nitrogens with one attached hydrogen (secondary N) is 1. The van der Waals surface area contributed by atoms with Gasteiger partial charge in [0.25, 0.3) is 5.91 Å². The number of carbonyl (C=O) groups excluding carboxylic acids is 1. The van der Waals surface area contributed by atoms with E-state index in [1.165, 1.54) is 10.6 Å². The summed E-state index contributed by atoms with van der Waals surface area (Å²) in [7, 11) is -3.14. The first-order valence-electron chi connectivity index (χ1n) is 6.97. The normalized spacial score (nSPS) is 17.2. The maximum atomic E-state index is 11.8. The largest absolute Gasteiger partial charge is 0.484 e. The number of rotatable bonds is 5. The van der Waals surface area contributed by atoms with Crippen LogP contribution in [0.5, 0.6) is 5.75 Å². The number of hydrogen-bond acceptors (Lipinski definition) is 4. The van der Waals surface area contributed by atoms with Crippen LogP contribution in [0.15, 0.2) is 24.3 Å². The van der Waals surface area contributed by atoms with Gasteiger partial charge >= 0.3 is 0 Å². The first kappa shape index (κ1) is 17.1. The monoisotopic (exact) mass is 346 g/mol. The van der Waals surface area contributed by atoms with Crippen LogP contribution >= 0.6 is 11.6 Å². The van der Waals surface area contributed by atoms with E-state index in [2.05, 4.69) is 5.32 Å². The van der Waals surface area contributed by atoms with Gasteiger partial charge in [-0.3, -0.25) is 4.79 Å². The minimum Gasteiger partial charge on any atom is -0.484 e. The minimum absolute atomic E-state index is 0.0145. The molecule has 0 atom stereocenters. The van der Waals surface area contributed by atoms with Crippen molar-refractivity contribution in [1.29, 1.82) is 0 Å². The highest BCUT2D eigenvalue weighted by Gasteiger charge is 2.25. The highest BCUT2D eigenvalue weighted by Crippen LogP contribution is 2.16. The number of amides is 1. The van der Waals surface area contributed by atoms with E-state index in [0.717, 1.165) is 0 Å². The van der Waals surface area contributed by atoms with E-state index in [0.29, 0.717) is 36.7 Å². The van der Waals surface area contributed by atoms with E-state index in [1.807, 2.05) is 0 Å². The third-order valence-electron chi connectivity index (χ3n) is 3.47. The van der Waals surface area contributed by atoms with Crippen LogP contribution in [-0.2, 0) is 14.8 Å². The second kappa shape index (κ2) is 7.30. The van der Waals surface area contributed by atoms with E-state index >= 15 is 0 Å². The van der Waals surface area contributed by atoms with Crippen LogP contribution in [0.4, 0.5) is 0 Å². The van der Waals surface area contributed by atoms with E-state index in [1.54, 1.807) is 24.3 Å². The number of nitrogens with zero attached hydrogens (tertiary/aromatic N) is 1. The smallest absolute Gasteiger partial charge is 0.258 e. The van der Waals surface area contributed by atoms with Crippen LogP contribution in [0.2, 0.25) is 5.02 Å². The van der Waals surface area contributed by atoms with Gasteiger partial charge in [-0.1, -0.05) is 11.6 Å². The second-order valence-electron chi connectivity index (χ2n) is 5.25. The molecule has 1 saturated heterocycles. The molecule has 122 valence electrons. The molecule has 1 aromatic carbocycles. The lowest BCUT2D eigenvalue weighted by Crippen LogP contribution is -2.47. The van der Waals surface area contributed by atoms with Gasteiger partial charge in [0.1, 0.15) is 5.75 Å². The average molecular weight is 347 g/mol. The van der Waals surface area contributed by atoms with Crippen molar-refractivity contribution >= 4 is 27.5 Å². The summed E-state index contributed by atoms with van der Waals surface area (Å²) in [6.07, 6.45) is 2.42. The quantitative estimate of drug-likeness (QED) is 0.870. The first-order valence-corrected chi connectivity index (χ1v) is 9.20. The van der Waals surface area contributed by atoms with Crippen molar-refractivity contribution in [3.05, 3.63) is 29.3 Å². The van der Waals surface area contributed by atoms with Crippen LogP contribution in [0.3, 0.4) is 0 Å². The number of piperidine rings is 1. The molecule has 1 N–H and O–H groups in total. The molecule has 0 aromatic heterocycles. The fourth-order valence-electron chi connectivity index (χ4n) is 2.28. The fraction of sp³-hybridized carbons (Fsp3) is 0.500. The predicted molar refractivity (Wildman–Crippen MR) is 84.5 cm³/mol. The maximum Gasteiger partial charge on any atom is 0.258 e. The molecule has 1 aliphatic rings. The predicted octanol–water partition coefficient (Wildman–Crippen LogP) is 1.26. The zero-order chi connectivity index (χ0) is 16.2. The van der Waals surface area contributed by atoms with E-state index in [9.17, 15) is 13.2 Å². The van der Waals surface area contributed by atoms with Gasteiger partial charge in [0.2, 0.25) is 10.0 Å². The van der Waals surface area contributed by atoms with Gasteiger partial charge in [-0.15, -0.1) is 0 Å². The summed E-state index contributed by atoms with van der Waals surface area (Å²) in [4.78, 5) is 11.8. The Morgan fingerprint density at radius 3 is 2.45 bits per heavy atom. The maximum absolute atomic E-state index is 11.8. The van der Waals surface area contributed by atoms with Crippen LogP contribution in [0.25, 0.3) is 0 Å². The van der Waals surface area contributed by atoms with Gasteiger partial charge in [0, 0.05) is 24.2 Å². The van der Waals surface area contributed by atoms with E-state index in [4.69, 9.17) is 16.3 Å². The number of ether oxygens (including phenoxy) is 1. The molecule has 0 spiro atoms. The summed E-state index contributed by atoms with van der Waals surface area (Å²) in [5.74, 6) is 0.360. The molecule has 0 saturated carbocycles. The summed E-state index contributed by atoms with van der Waals surface area (Å²) in [6, 6.07) is 6.76. The minimum atomic E-state index is -3.14. The van der Waals surface area contributed by atoms with Gasteiger partial charge in [0.05, 0.1) is 6.26 Å². The molecule has 1 aliphatic heterocycles. The third kappa shape index (κ3) is 5.15. The summed E-state index contributed by atoms with van der Waals surface area (Å²) >= 11 is 5.77. The van der Waals surface area contributed by atoms with Gasteiger partial charge in [0.15, 0.2) is 6.61 Å². The Labute approximate surface area is 135 Å². The number of hydrogen-bond donors (Lipinski definition) is 1. The Morgan fingerprint density at radius 1 is 1.32 bits per heavy atom. The molecule has 0 radical (unpaired) electrons. The van der Waals surface area contributed by atoms with Crippen LogP contribution in [-0.4, -0.2) is 50.6 Å². The Morgan fingerprint density at radius 2 is 1.91 bits per heavy atom. The van der Waals surface area contributed by atoms with E-state index < -0.39 is 10.0 Å². The van der Waals surface area contributed by atoms with Crippen LogP contribution < -0.4 is 10.1 Å². The fourth-order valence-corrected chi connectivity index (χ4v) is 3.28. The third-order valence-corrected chi connectivity index (χ3v) is 5.03. The highest BCUT2D eigenvalue weighted by atomic mass is 35.5. The standard InChI is InChI=1S/C14H19ClN2O4S/c1-22(19,20)17-8-6-12(7-9-17)16-14(18)10-21-13-4-2-11(15)3-5-13/h2-5,12H,6-10H2,1H3,(H,16,18). The lowest BCUT2D eigenvalue weighted by atomic mass is 10.1. The first-order chi connectivity index (χ1) is 10.3.